The first-order chi connectivity index (χ1) is 9.48. The van der Waals surface area contributed by atoms with Gasteiger partial charge in [0.25, 0.3) is 0 Å². The van der Waals surface area contributed by atoms with Crippen LogP contribution in [0.4, 0.5) is 5.69 Å². The van der Waals surface area contributed by atoms with Gasteiger partial charge >= 0.3 is 0 Å². The zero-order chi connectivity index (χ0) is 14.8. The molecule has 0 atom stereocenters. The summed E-state index contributed by atoms with van der Waals surface area (Å²) in [7, 11) is 3.25. The normalized spacial score (nSPS) is 16.8. The molecule has 1 aliphatic heterocycles. The minimum atomic E-state index is -0.862. The molecule has 7 heteroatoms. The molecular formula is C14H20Cl2N2O3. The first kappa shape index (κ1) is 18.0. The van der Waals surface area contributed by atoms with Crippen molar-refractivity contribution in [2.45, 2.75) is 18.4 Å². The Morgan fingerprint density at radius 2 is 2.05 bits per heavy atom. The fourth-order valence-corrected chi connectivity index (χ4v) is 2.52. The lowest BCUT2D eigenvalue weighted by molar-refractivity contribution is -0.126. The third-order valence-electron chi connectivity index (χ3n) is 3.64. The van der Waals surface area contributed by atoms with Crippen molar-refractivity contribution < 1.29 is 14.3 Å². The molecule has 0 radical (unpaired) electrons. The van der Waals surface area contributed by atoms with E-state index in [-0.39, 0.29) is 18.3 Å². The molecule has 1 heterocycles. The molecule has 21 heavy (non-hydrogen) atoms. The van der Waals surface area contributed by atoms with Crippen LogP contribution in [0.15, 0.2) is 18.2 Å². The van der Waals surface area contributed by atoms with E-state index in [0.29, 0.717) is 42.5 Å². The molecule has 1 aliphatic rings. The predicted octanol–water partition coefficient (Wildman–Crippen LogP) is 2.24. The van der Waals surface area contributed by atoms with E-state index in [1.807, 2.05) is 0 Å². The zero-order valence-corrected chi connectivity index (χ0v) is 13.7. The Kier molecular flexibility index (Phi) is 6.28. The van der Waals surface area contributed by atoms with Crippen molar-refractivity contribution in [3.05, 3.63) is 23.2 Å². The number of anilines is 1. The smallest absolute Gasteiger partial charge is 0.246 e. The Labute approximate surface area is 135 Å². The number of hydrogen-bond acceptors (Lipinski definition) is 4. The van der Waals surface area contributed by atoms with Crippen LogP contribution in [0.25, 0.3) is 0 Å². The first-order valence-electron chi connectivity index (χ1n) is 6.46. The summed E-state index contributed by atoms with van der Waals surface area (Å²) in [5, 5.41) is 0.461. The van der Waals surface area contributed by atoms with Crippen LogP contribution in [0.5, 0.6) is 5.75 Å². The van der Waals surface area contributed by atoms with Gasteiger partial charge in [-0.25, -0.2) is 0 Å². The van der Waals surface area contributed by atoms with Gasteiger partial charge in [-0.05, 0) is 31.0 Å². The molecule has 0 unspecified atom stereocenters. The Morgan fingerprint density at radius 1 is 1.43 bits per heavy atom. The van der Waals surface area contributed by atoms with Crippen LogP contribution in [0.2, 0.25) is 5.02 Å². The van der Waals surface area contributed by atoms with E-state index in [4.69, 9.17) is 26.8 Å². The quantitative estimate of drug-likeness (QED) is 0.920. The van der Waals surface area contributed by atoms with Crippen LogP contribution in [0.3, 0.4) is 0 Å². The lowest BCUT2D eigenvalue weighted by atomic mass is 9.89. The summed E-state index contributed by atoms with van der Waals surface area (Å²) in [6.07, 6.45) is 1.06. The maximum Gasteiger partial charge on any atom is 0.246 e. The summed E-state index contributed by atoms with van der Waals surface area (Å²) in [5.74, 6) is 0.451. The molecule has 1 fully saturated rings. The average Bonchev–Trinajstić information content (AvgIpc) is 2.46. The van der Waals surface area contributed by atoms with Crippen molar-refractivity contribution in [1.82, 2.24) is 0 Å². The molecule has 1 amide bonds. The molecule has 2 N–H and O–H groups in total. The highest BCUT2D eigenvalue weighted by molar-refractivity contribution is 6.32. The van der Waals surface area contributed by atoms with Gasteiger partial charge < -0.3 is 20.1 Å². The molecule has 0 spiro atoms. The molecule has 0 aromatic heterocycles. The molecule has 0 saturated carbocycles. The summed E-state index contributed by atoms with van der Waals surface area (Å²) in [5.41, 5.74) is 6.04. The average molecular weight is 335 g/mol. The van der Waals surface area contributed by atoms with Gasteiger partial charge in [-0.15, -0.1) is 12.4 Å². The highest BCUT2D eigenvalue weighted by Gasteiger charge is 2.38. The lowest BCUT2D eigenvalue weighted by Gasteiger charge is -2.35. The monoisotopic (exact) mass is 334 g/mol. The number of methoxy groups -OCH3 is 1. The summed E-state index contributed by atoms with van der Waals surface area (Å²) in [6.45, 7) is 1.03. The van der Waals surface area contributed by atoms with E-state index >= 15 is 0 Å². The number of nitrogens with zero attached hydrogens (tertiary/aromatic N) is 1. The van der Waals surface area contributed by atoms with Gasteiger partial charge in [0, 0.05) is 25.9 Å². The van der Waals surface area contributed by atoms with Crippen LogP contribution >= 0.6 is 24.0 Å². The topological polar surface area (TPSA) is 64.8 Å². The van der Waals surface area contributed by atoms with E-state index < -0.39 is 5.54 Å². The molecule has 0 aliphatic carbocycles. The Morgan fingerprint density at radius 3 is 2.57 bits per heavy atom. The van der Waals surface area contributed by atoms with Crippen LogP contribution < -0.4 is 15.4 Å². The van der Waals surface area contributed by atoms with Gasteiger partial charge in [-0.3, -0.25) is 4.79 Å². The molecule has 1 aromatic carbocycles. The number of carbonyl (C=O) groups excluding carboxylic acids is 1. The van der Waals surface area contributed by atoms with E-state index in [9.17, 15) is 4.79 Å². The van der Waals surface area contributed by atoms with Gasteiger partial charge in [-0.1, -0.05) is 11.6 Å². The van der Waals surface area contributed by atoms with Crippen molar-refractivity contribution in [2.75, 3.05) is 32.3 Å². The number of hydrogen-bond donors (Lipinski definition) is 1. The van der Waals surface area contributed by atoms with Crippen molar-refractivity contribution in [3.63, 3.8) is 0 Å². The summed E-state index contributed by atoms with van der Waals surface area (Å²) >= 11 is 6.08. The maximum absolute atomic E-state index is 12.6. The van der Waals surface area contributed by atoms with Gasteiger partial charge in [0.15, 0.2) is 0 Å². The van der Waals surface area contributed by atoms with Crippen LogP contribution in [0, 0.1) is 0 Å². The largest absolute Gasteiger partial charge is 0.495 e. The van der Waals surface area contributed by atoms with E-state index in [0.717, 1.165) is 0 Å². The second kappa shape index (κ2) is 7.31. The van der Waals surface area contributed by atoms with Crippen LogP contribution in [0.1, 0.15) is 12.8 Å². The van der Waals surface area contributed by atoms with Gasteiger partial charge in [0.05, 0.1) is 12.1 Å². The van der Waals surface area contributed by atoms with Crippen LogP contribution in [-0.4, -0.2) is 38.8 Å². The highest BCUT2D eigenvalue weighted by atomic mass is 35.5. The third-order valence-corrected chi connectivity index (χ3v) is 3.93. The van der Waals surface area contributed by atoms with Crippen molar-refractivity contribution in [1.29, 1.82) is 0 Å². The highest BCUT2D eigenvalue weighted by Crippen LogP contribution is 2.30. The molecule has 2 rings (SSSR count). The first-order valence-corrected chi connectivity index (χ1v) is 6.84. The minimum Gasteiger partial charge on any atom is -0.495 e. The molecule has 5 nitrogen and oxygen atoms in total. The Balaban J connectivity index is 0.00000220. The summed E-state index contributed by atoms with van der Waals surface area (Å²) in [4.78, 5) is 14.1. The number of halogens is 2. The molecule has 118 valence electrons. The second-order valence-corrected chi connectivity index (χ2v) is 5.36. The number of nitrogens with two attached hydrogens (primary N) is 1. The van der Waals surface area contributed by atoms with E-state index in [1.54, 1.807) is 32.4 Å². The fourth-order valence-electron chi connectivity index (χ4n) is 2.26. The molecule has 1 aromatic rings. The molecular weight excluding hydrogens is 315 g/mol. The molecule has 1 saturated heterocycles. The van der Waals surface area contributed by atoms with Gasteiger partial charge in [0.2, 0.25) is 5.91 Å². The Bertz CT molecular complexity index is 505. The number of likely N-dealkylation sites (N-methyl/N-ethyl adjacent to an activating group) is 1. The van der Waals surface area contributed by atoms with Crippen molar-refractivity contribution in [3.8, 4) is 5.75 Å². The summed E-state index contributed by atoms with van der Waals surface area (Å²) in [6, 6.07) is 5.21. The standard InChI is InChI=1S/C14H19ClN2O3.ClH/c1-17(10-3-4-12(19-2)11(15)9-10)13(18)14(16)5-7-20-8-6-14;/h3-4,9H,5-8,16H2,1-2H3;1H. The Hall–Kier alpha value is -1.01. The van der Waals surface area contributed by atoms with Crippen molar-refractivity contribution >= 4 is 35.6 Å². The zero-order valence-electron chi connectivity index (χ0n) is 12.1. The van der Waals surface area contributed by atoms with Crippen LogP contribution in [-0.2, 0) is 9.53 Å². The minimum absolute atomic E-state index is 0. The number of amides is 1. The van der Waals surface area contributed by atoms with E-state index in [2.05, 4.69) is 0 Å². The number of benzene rings is 1. The lowest BCUT2D eigenvalue weighted by Crippen LogP contribution is -2.57. The van der Waals surface area contributed by atoms with Crippen molar-refractivity contribution in [2.24, 2.45) is 5.73 Å². The van der Waals surface area contributed by atoms with Gasteiger partial charge in [0.1, 0.15) is 11.3 Å². The number of rotatable bonds is 3. The SMILES string of the molecule is COc1ccc(N(C)C(=O)C2(N)CCOCC2)cc1Cl.Cl. The number of ether oxygens (including phenoxy) is 2. The van der Waals surface area contributed by atoms with E-state index in [1.165, 1.54) is 4.90 Å². The van der Waals surface area contributed by atoms with Gasteiger partial charge in [-0.2, -0.15) is 0 Å². The predicted molar refractivity (Wildman–Crippen MR) is 85.6 cm³/mol. The maximum atomic E-state index is 12.6. The fraction of sp³-hybridized carbons (Fsp3) is 0.500. The molecule has 0 bridgehead atoms. The second-order valence-electron chi connectivity index (χ2n) is 4.95. The third kappa shape index (κ3) is 3.80. The number of carbonyl (C=O) groups is 1. The summed E-state index contributed by atoms with van der Waals surface area (Å²) < 4.78 is 10.4.